The largest absolute Gasteiger partial charge is 0.390 e. The highest BCUT2D eigenvalue weighted by Crippen LogP contribution is 2.30. The van der Waals surface area contributed by atoms with Gasteiger partial charge in [-0.2, -0.15) is 8.78 Å². The van der Waals surface area contributed by atoms with E-state index in [2.05, 4.69) is 15.3 Å². The lowest BCUT2D eigenvalue weighted by Gasteiger charge is -2.29. The molecule has 0 bridgehead atoms. The second kappa shape index (κ2) is 9.24. The molecule has 1 aromatic carbocycles. The molecule has 11 heteroatoms. The lowest BCUT2D eigenvalue weighted by atomic mass is 10.0. The first-order valence-corrected chi connectivity index (χ1v) is 10.6. The summed E-state index contributed by atoms with van der Waals surface area (Å²) in [6.07, 6.45) is 0.768. The van der Waals surface area contributed by atoms with Crippen LogP contribution in [-0.4, -0.2) is 62.4 Å². The van der Waals surface area contributed by atoms with Gasteiger partial charge in [-0.25, -0.2) is 9.97 Å². The molecule has 3 N–H and O–H groups in total. The van der Waals surface area contributed by atoms with Crippen LogP contribution in [0.4, 0.5) is 14.7 Å². The molecule has 8 nitrogen and oxygen atoms in total. The fourth-order valence-electron chi connectivity index (χ4n) is 3.62. The third kappa shape index (κ3) is 4.69. The van der Waals surface area contributed by atoms with E-state index in [4.69, 9.17) is 21.4 Å². The molecule has 3 aromatic rings. The van der Waals surface area contributed by atoms with Crippen LogP contribution < -0.4 is 5.32 Å². The van der Waals surface area contributed by atoms with Gasteiger partial charge in [-0.15, -0.1) is 0 Å². The molecule has 3 heterocycles. The number of aliphatic hydroxyl groups is 2. The number of benzene rings is 1. The average Bonchev–Trinajstić information content (AvgIpc) is 3.23. The normalized spacial score (nSPS) is 17.4. The summed E-state index contributed by atoms with van der Waals surface area (Å²) in [5, 5.41) is 23.1. The first-order valence-electron chi connectivity index (χ1n) is 10.2. The Morgan fingerprint density at radius 1 is 1.25 bits per heavy atom. The number of imidazole rings is 1. The fraction of sp³-hybridized carbons (Fsp3) is 0.429. The predicted octanol–water partition coefficient (Wildman–Crippen LogP) is 2.96. The van der Waals surface area contributed by atoms with Crippen molar-refractivity contribution in [1.29, 1.82) is 0 Å². The Kier molecular flexibility index (Phi) is 6.59. The van der Waals surface area contributed by atoms with E-state index in [1.807, 2.05) is 4.90 Å². The number of aliphatic hydroxyl groups excluding tert-OH is 2. The van der Waals surface area contributed by atoms with Crippen LogP contribution in [0.15, 0.2) is 36.5 Å². The van der Waals surface area contributed by atoms with Gasteiger partial charge in [0.25, 0.3) is 5.92 Å². The van der Waals surface area contributed by atoms with Crippen molar-refractivity contribution in [2.75, 3.05) is 38.2 Å². The summed E-state index contributed by atoms with van der Waals surface area (Å²) in [4.78, 5) is 10.7. The maximum Gasteiger partial charge on any atom is 0.295 e. The average molecular weight is 468 g/mol. The maximum atomic E-state index is 13.9. The first kappa shape index (κ1) is 22.8. The van der Waals surface area contributed by atoms with Crippen molar-refractivity contribution >= 4 is 23.2 Å². The monoisotopic (exact) mass is 467 g/mol. The summed E-state index contributed by atoms with van der Waals surface area (Å²) in [7, 11) is 0. The predicted molar refractivity (Wildman–Crippen MR) is 115 cm³/mol. The van der Waals surface area contributed by atoms with Gasteiger partial charge < -0.3 is 20.3 Å². The van der Waals surface area contributed by atoms with Crippen molar-refractivity contribution in [2.45, 2.75) is 25.1 Å². The van der Waals surface area contributed by atoms with E-state index < -0.39 is 24.8 Å². The van der Waals surface area contributed by atoms with Crippen LogP contribution in [0.5, 0.6) is 0 Å². The molecule has 2 atom stereocenters. The van der Waals surface area contributed by atoms with Crippen molar-refractivity contribution in [3.8, 4) is 0 Å². The molecule has 0 radical (unpaired) electrons. The topological polar surface area (TPSA) is 95.2 Å². The lowest BCUT2D eigenvalue weighted by Crippen LogP contribution is -2.39. The number of hydrogen-bond acceptors (Lipinski definition) is 7. The van der Waals surface area contributed by atoms with Crippen LogP contribution in [0.1, 0.15) is 36.0 Å². The number of anilines is 1. The van der Waals surface area contributed by atoms with E-state index in [0.717, 1.165) is 0 Å². The van der Waals surface area contributed by atoms with Crippen LogP contribution in [0.25, 0.3) is 5.65 Å². The van der Waals surface area contributed by atoms with Crippen LogP contribution >= 0.6 is 11.6 Å². The summed E-state index contributed by atoms with van der Waals surface area (Å²) in [5.41, 5.74) is 1.24. The number of nitrogens with one attached hydrogen (secondary N) is 1. The number of rotatable bonds is 7. The van der Waals surface area contributed by atoms with Gasteiger partial charge >= 0.3 is 0 Å². The standard InChI is InChI=1S/C21H24ClF2N5O3/c1-13(14-3-2-4-15(9-14)21(23,24)12-30)25-20-27-17(22)10-18-26-16(11-29(18)20)19(31)28-5-7-32-8-6-28/h2-4,9-11,13,19,30-31H,5-8,12H2,1H3,(H,25,27)/t13-,19?/m1/s1. The molecular weight excluding hydrogens is 444 g/mol. The molecule has 32 heavy (non-hydrogen) atoms. The molecule has 1 fully saturated rings. The maximum absolute atomic E-state index is 13.9. The highest BCUT2D eigenvalue weighted by atomic mass is 35.5. The molecule has 0 amide bonds. The van der Waals surface area contributed by atoms with Gasteiger partial charge in [-0.3, -0.25) is 9.30 Å². The Bertz CT molecular complexity index is 1090. The van der Waals surface area contributed by atoms with Crippen molar-refractivity contribution in [3.05, 3.63) is 58.5 Å². The van der Waals surface area contributed by atoms with E-state index in [9.17, 15) is 13.9 Å². The number of fused-ring (bicyclic) bond motifs is 1. The van der Waals surface area contributed by atoms with E-state index in [0.29, 0.717) is 49.2 Å². The van der Waals surface area contributed by atoms with Crippen molar-refractivity contribution in [3.63, 3.8) is 0 Å². The van der Waals surface area contributed by atoms with Crippen LogP contribution in [0.2, 0.25) is 5.15 Å². The summed E-state index contributed by atoms with van der Waals surface area (Å²) < 4.78 is 34.8. The Balaban J connectivity index is 1.61. The van der Waals surface area contributed by atoms with E-state index >= 15 is 0 Å². The third-order valence-electron chi connectivity index (χ3n) is 5.45. The second-order valence-corrected chi connectivity index (χ2v) is 8.06. The van der Waals surface area contributed by atoms with Crippen molar-refractivity contribution < 1.29 is 23.7 Å². The summed E-state index contributed by atoms with van der Waals surface area (Å²) in [6, 6.07) is 7.01. The molecule has 1 aliphatic heterocycles. The molecular formula is C21H24ClF2N5O3. The molecule has 0 spiro atoms. The van der Waals surface area contributed by atoms with Gasteiger partial charge in [0.05, 0.1) is 19.3 Å². The number of aromatic nitrogens is 3. The molecule has 0 saturated carbocycles. The number of alkyl halides is 2. The van der Waals surface area contributed by atoms with Crippen LogP contribution in [-0.2, 0) is 10.7 Å². The molecule has 172 valence electrons. The van der Waals surface area contributed by atoms with E-state index in [1.54, 1.807) is 29.7 Å². The Morgan fingerprint density at radius 3 is 2.72 bits per heavy atom. The summed E-state index contributed by atoms with van der Waals surface area (Å²) >= 11 is 6.17. The minimum Gasteiger partial charge on any atom is -0.390 e. The van der Waals surface area contributed by atoms with Crippen molar-refractivity contribution in [2.24, 2.45) is 0 Å². The Hall–Kier alpha value is -2.37. The van der Waals surface area contributed by atoms with Gasteiger partial charge in [-0.05, 0) is 18.6 Å². The minimum absolute atomic E-state index is 0.200. The minimum atomic E-state index is -3.33. The molecule has 2 aromatic heterocycles. The van der Waals surface area contributed by atoms with Gasteiger partial charge in [0, 0.05) is 30.9 Å². The van der Waals surface area contributed by atoms with Gasteiger partial charge in [0.2, 0.25) is 5.95 Å². The summed E-state index contributed by atoms with van der Waals surface area (Å²) in [6.45, 7) is 2.78. The zero-order chi connectivity index (χ0) is 22.9. The Morgan fingerprint density at radius 2 is 2.00 bits per heavy atom. The quantitative estimate of drug-likeness (QED) is 0.460. The van der Waals surface area contributed by atoms with E-state index in [1.165, 1.54) is 18.2 Å². The fourth-order valence-corrected chi connectivity index (χ4v) is 3.80. The highest BCUT2D eigenvalue weighted by Gasteiger charge is 2.31. The number of ether oxygens (including phenoxy) is 1. The first-order chi connectivity index (χ1) is 15.3. The molecule has 1 saturated heterocycles. The SMILES string of the molecule is C[C@@H](Nc1nc(Cl)cc2nc(C(O)N3CCOCC3)cn12)c1cccc(C(F)(F)CO)c1. The number of nitrogens with zero attached hydrogens (tertiary/aromatic N) is 4. The van der Waals surface area contributed by atoms with Gasteiger partial charge in [-0.1, -0.05) is 29.8 Å². The number of halogens is 3. The second-order valence-electron chi connectivity index (χ2n) is 7.67. The van der Waals surface area contributed by atoms with Gasteiger partial charge in [0.15, 0.2) is 6.23 Å². The molecule has 4 rings (SSSR count). The summed E-state index contributed by atoms with van der Waals surface area (Å²) in [5.74, 6) is -2.97. The van der Waals surface area contributed by atoms with Crippen LogP contribution in [0, 0.1) is 0 Å². The molecule has 1 aliphatic rings. The third-order valence-corrected chi connectivity index (χ3v) is 5.64. The number of hydrogen-bond donors (Lipinski definition) is 3. The Labute approximate surface area is 188 Å². The number of morpholine rings is 1. The smallest absolute Gasteiger partial charge is 0.295 e. The van der Waals surface area contributed by atoms with E-state index in [-0.39, 0.29) is 10.7 Å². The van der Waals surface area contributed by atoms with Crippen LogP contribution in [0.3, 0.4) is 0 Å². The zero-order valence-electron chi connectivity index (χ0n) is 17.4. The molecule has 0 aliphatic carbocycles. The zero-order valence-corrected chi connectivity index (χ0v) is 18.1. The lowest BCUT2D eigenvalue weighted by molar-refractivity contribution is -0.0620. The van der Waals surface area contributed by atoms with Crippen molar-refractivity contribution in [1.82, 2.24) is 19.3 Å². The highest BCUT2D eigenvalue weighted by molar-refractivity contribution is 6.29. The molecule has 1 unspecified atom stereocenters. The van der Waals surface area contributed by atoms with Gasteiger partial charge in [0.1, 0.15) is 23.1 Å².